The van der Waals surface area contributed by atoms with Crippen LogP contribution in [-0.2, 0) is 4.79 Å². The number of fused-ring (bicyclic) bond motifs is 1. The van der Waals surface area contributed by atoms with Gasteiger partial charge in [0.25, 0.3) is 0 Å². The first kappa shape index (κ1) is 13.9. The Kier molecular flexibility index (Phi) is 3.55. The van der Waals surface area contributed by atoms with E-state index in [1.165, 1.54) is 12.1 Å². The second-order valence-corrected chi connectivity index (χ2v) is 5.55. The number of aliphatic carboxylic acids is 1. The molecule has 2 N–H and O–H groups in total. The standard InChI is InChI=1S/C16H13ClFNO2/c17-10-4-5-14-13(7-10)12(8-15(19-14)16(20)21)9-2-1-3-11(18)6-9/h1-7,12,15,19H,8H2,(H,20,21). The normalized spacial score (nSPS) is 20.5. The van der Waals surface area contributed by atoms with Gasteiger partial charge in [-0.05, 0) is 47.9 Å². The first-order valence-corrected chi connectivity index (χ1v) is 6.96. The molecule has 3 nitrogen and oxygen atoms in total. The summed E-state index contributed by atoms with van der Waals surface area (Å²) in [7, 11) is 0. The molecule has 108 valence electrons. The number of carboxylic acid groups (broad SMARTS) is 1. The molecule has 5 heteroatoms. The van der Waals surface area contributed by atoms with Crippen molar-refractivity contribution in [2.75, 3.05) is 5.32 Å². The van der Waals surface area contributed by atoms with Gasteiger partial charge in [-0.25, -0.2) is 9.18 Å². The minimum absolute atomic E-state index is 0.197. The first-order valence-electron chi connectivity index (χ1n) is 6.59. The lowest BCUT2D eigenvalue weighted by Crippen LogP contribution is -2.35. The summed E-state index contributed by atoms with van der Waals surface area (Å²) in [5.74, 6) is -1.45. The smallest absolute Gasteiger partial charge is 0.326 e. The van der Waals surface area contributed by atoms with Gasteiger partial charge < -0.3 is 10.4 Å². The molecular weight excluding hydrogens is 293 g/mol. The Morgan fingerprint density at radius 1 is 1.29 bits per heavy atom. The quantitative estimate of drug-likeness (QED) is 0.885. The summed E-state index contributed by atoms with van der Waals surface area (Å²) in [4.78, 5) is 11.3. The van der Waals surface area contributed by atoms with Gasteiger partial charge in [0.05, 0.1) is 0 Å². The summed E-state index contributed by atoms with van der Waals surface area (Å²) in [6, 6.07) is 10.8. The molecule has 0 amide bonds. The highest BCUT2D eigenvalue weighted by Gasteiger charge is 2.31. The maximum absolute atomic E-state index is 13.5. The fourth-order valence-electron chi connectivity index (χ4n) is 2.76. The molecule has 0 fully saturated rings. The fourth-order valence-corrected chi connectivity index (χ4v) is 2.94. The van der Waals surface area contributed by atoms with E-state index in [4.69, 9.17) is 11.6 Å². The molecule has 3 rings (SSSR count). The molecule has 2 atom stereocenters. The predicted octanol–water partition coefficient (Wildman–Crippen LogP) is 3.88. The number of carbonyl (C=O) groups is 1. The van der Waals surface area contributed by atoms with Crippen LogP contribution < -0.4 is 5.32 Å². The van der Waals surface area contributed by atoms with E-state index in [2.05, 4.69) is 5.32 Å². The maximum Gasteiger partial charge on any atom is 0.326 e. The van der Waals surface area contributed by atoms with Crippen molar-refractivity contribution in [3.63, 3.8) is 0 Å². The van der Waals surface area contributed by atoms with Crippen LogP contribution >= 0.6 is 11.6 Å². The van der Waals surface area contributed by atoms with Crippen molar-refractivity contribution >= 4 is 23.3 Å². The lowest BCUT2D eigenvalue weighted by atomic mass is 9.82. The summed E-state index contributed by atoms with van der Waals surface area (Å²) in [5.41, 5.74) is 2.38. The molecule has 0 aliphatic carbocycles. The topological polar surface area (TPSA) is 49.3 Å². The van der Waals surface area contributed by atoms with Crippen molar-refractivity contribution < 1.29 is 14.3 Å². The van der Waals surface area contributed by atoms with Crippen LogP contribution in [-0.4, -0.2) is 17.1 Å². The van der Waals surface area contributed by atoms with Gasteiger partial charge in [0.15, 0.2) is 0 Å². The molecule has 0 saturated carbocycles. The number of benzene rings is 2. The monoisotopic (exact) mass is 305 g/mol. The van der Waals surface area contributed by atoms with E-state index < -0.39 is 12.0 Å². The van der Waals surface area contributed by atoms with Crippen LogP contribution in [0.15, 0.2) is 42.5 Å². The first-order chi connectivity index (χ1) is 10.0. The molecule has 0 spiro atoms. The summed E-state index contributed by atoms with van der Waals surface area (Å²) in [5, 5.41) is 12.8. The highest BCUT2D eigenvalue weighted by molar-refractivity contribution is 6.30. The van der Waals surface area contributed by atoms with Gasteiger partial charge >= 0.3 is 5.97 Å². The Bertz CT molecular complexity index is 704. The van der Waals surface area contributed by atoms with Gasteiger partial charge in [-0.2, -0.15) is 0 Å². The van der Waals surface area contributed by atoms with Crippen LogP contribution in [0, 0.1) is 5.82 Å². The van der Waals surface area contributed by atoms with E-state index in [0.29, 0.717) is 11.4 Å². The van der Waals surface area contributed by atoms with Gasteiger partial charge in [-0.3, -0.25) is 0 Å². The van der Waals surface area contributed by atoms with Crippen molar-refractivity contribution in [3.8, 4) is 0 Å². The summed E-state index contributed by atoms with van der Waals surface area (Å²) < 4.78 is 13.5. The molecule has 0 saturated heterocycles. The summed E-state index contributed by atoms with van der Waals surface area (Å²) in [6.45, 7) is 0. The van der Waals surface area contributed by atoms with Crippen LogP contribution in [0.4, 0.5) is 10.1 Å². The summed E-state index contributed by atoms with van der Waals surface area (Å²) >= 11 is 6.04. The number of hydrogen-bond acceptors (Lipinski definition) is 2. The van der Waals surface area contributed by atoms with E-state index in [-0.39, 0.29) is 11.7 Å². The predicted molar refractivity (Wildman–Crippen MR) is 79.4 cm³/mol. The molecule has 0 radical (unpaired) electrons. The van der Waals surface area contributed by atoms with Gasteiger partial charge in [-0.15, -0.1) is 0 Å². The average Bonchev–Trinajstić information content (AvgIpc) is 2.46. The molecule has 0 bridgehead atoms. The van der Waals surface area contributed by atoms with Gasteiger partial charge in [0.1, 0.15) is 11.9 Å². The highest BCUT2D eigenvalue weighted by Crippen LogP contribution is 2.40. The van der Waals surface area contributed by atoms with E-state index >= 15 is 0 Å². The van der Waals surface area contributed by atoms with E-state index in [1.807, 2.05) is 6.07 Å². The Hall–Kier alpha value is -2.07. The number of halogens is 2. The van der Waals surface area contributed by atoms with E-state index in [9.17, 15) is 14.3 Å². The summed E-state index contributed by atoms with van der Waals surface area (Å²) in [6.07, 6.45) is 0.353. The van der Waals surface area contributed by atoms with Crippen LogP contribution in [0.5, 0.6) is 0 Å². The molecule has 21 heavy (non-hydrogen) atoms. The Labute approximate surface area is 126 Å². The molecule has 1 aliphatic rings. The van der Waals surface area contributed by atoms with Crippen LogP contribution in [0.3, 0.4) is 0 Å². The zero-order valence-corrected chi connectivity index (χ0v) is 11.8. The number of rotatable bonds is 2. The number of nitrogens with one attached hydrogen (secondary N) is 1. The second kappa shape index (κ2) is 5.37. The van der Waals surface area contributed by atoms with Crippen LogP contribution in [0.2, 0.25) is 5.02 Å². The number of carboxylic acids is 1. The Morgan fingerprint density at radius 2 is 2.10 bits per heavy atom. The van der Waals surface area contributed by atoms with Crippen molar-refractivity contribution in [1.29, 1.82) is 0 Å². The lowest BCUT2D eigenvalue weighted by Gasteiger charge is -2.31. The molecule has 1 aliphatic heterocycles. The minimum Gasteiger partial charge on any atom is -0.480 e. The maximum atomic E-state index is 13.5. The third kappa shape index (κ3) is 2.72. The minimum atomic E-state index is -0.919. The van der Waals surface area contributed by atoms with Gasteiger partial charge in [0, 0.05) is 16.6 Å². The zero-order chi connectivity index (χ0) is 15.0. The SMILES string of the molecule is O=C(O)C1CC(c2cccc(F)c2)c2cc(Cl)ccc2N1. The van der Waals surface area contributed by atoms with Crippen LogP contribution in [0.25, 0.3) is 0 Å². The fraction of sp³-hybridized carbons (Fsp3) is 0.188. The molecule has 2 aromatic carbocycles. The largest absolute Gasteiger partial charge is 0.480 e. The number of anilines is 1. The second-order valence-electron chi connectivity index (χ2n) is 5.11. The van der Waals surface area contributed by atoms with E-state index in [1.54, 1.807) is 24.3 Å². The van der Waals surface area contributed by atoms with Crippen LogP contribution in [0.1, 0.15) is 23.5 Å². The zero-order valence-electron chi connectivity index (χ0n) is 11.0. The Balaban J connectivity index is 2.10. The van der Waals surface area contributed by atoms with Crippen molar-refractivity contribution in [1.82, 2.24) is 0 Å². The third-order valence-corrected chi connectivity index (χ3v) is 3.97. The molecule has 0 aromatic heterocycles. The molecular formula is C16H13ClFNO2. The van der Waals surface area contributed by atoms with Crippen molar-refractivity contribution in [2.45, 2.75) is 18.4 Å². The van der Waals surface area contributed by atoms with Crippen molar-refractivity contribution in [2.24, 2.45) is 0 Å². The van der Waals surface area contributed by atoms with Crippen molar-refractivity contribution in [3.05, 3.63) is 64.4 Å². The van der Waals surface area contributed by atoms with Gasteiger partial charge in [0.2, 0.25) is 0 Å². The molecule has 2 unspecified atom stereocenters. The highest BCUT2D eigenvalue weighted by atomic mass is 35.5. The average molecular weight is 306 g/mol. The van der Waals surface area contributed by atoms with E-state index in [0.717, 1.165) is 16.8 Å². The third-order valence-electron chi connectivity index (χ3n) is 3.74. The molecule has 2 aromatic rings. The van der Waals surface area contributed by atoms with Gasteiger partial charge in [-0.1, -0.05) is 23.7 Å². The Morgan fingerprint density at radius 3 is 2.81 bits per heavy atom. The molecule has 1 heterocycles. The lowest BCUT2D eigenvalue weighted by molar-refractivity contribution is -0.138. The number of hydrogen-bond donors (Lipinski definition) is 2.